The highest BCUT2D eigenvalue weighted by molar-refractivity contribution is 7.89. The van der Waals surface area contributed by atoms with Gasteiger partial charge < -0.3 is 39.6 Å². The first kappa shape index (κ1) is 37.8. The predicted octanol–water partition coefficient (Wildman–Crippen LogP) is 5.31. The highest BCUT2D eigenvalue weighted by atomic mass is 32.2. The van der Waals surface area contributed by atoms with Crippen molar-refractivity contribution in [3.63, 3.8) is 0 Å². The molecule has 5 rings (SSSR count). The molecule has 51 heavy (non-hydrogen) atoms. The molecule has 0 unspecified atom stereocenters. The van der Waals surface area contributed by atoms with E-state index >= 15 is 0 Å². The van der Waals surface area contributed by atoms with Crippen LogP contribution in [0.4, 0.5) is 20.6 Å². The Hall–Kier alpha value is -4.44. The molecular formula is C36H45FN4O9S. The van der Waals surface area contributed by atoms with E-state index in [-0.39, 0.29) is 43.1 Å². The molecule has 13 nitrogen and oxygen atoms in total. The van der Waals surface area contributed by atoms with Crippen LogP contribution in [-0.4, -0.2) is 93.1 Å². The number of fused-ring (bicyclic) bond motifs is 2. The lowest BCUT2D eigenvalue weighted by Crippen LogP contribution is -2.48. The molecule has 0 bridgehead atoms. The maximum Gasteiger partial charge on any atom is 0.323 e. The number of hydrogen-bond donors (Lipinski definition) is 3. The van der Waals surface area contributed by atoms with Gasteiger partial charge in [-0.05, 0) is 87.7 Å². The molecule has 3 aromatic rings. The van der Waals surface area contributed by atoms with Crippen LogP contribution >= 0.6 is 0 Å². The number of nitrogens with one attached hydrogen (secondary N) is 2. The number of urea groups is 1. The Kier molecular flexibility index (Phi) is 12.4. The summed E-state index contributed by atoms with van der Waals surface area (Å²) in [5.41, 5.74) is 0.991. The number of benzene rings is 3. The van der Waals surface area contributed by atoms with Crippen LogP contribution in [0.2, 0.25) is 0 Å². The van der Waals surface area contributed by atoms with Gasteiger partial charge in [-0.15, -0.1) is 0 Å². The van der Waals surface area contributed by atoms with Crippen molar-refractivity contribution in [2.45, 2.75) is 63.2 Å². The third-order valence-electron chi connectivity index (χ3n) is 8.90. The molecule has 0 radical (unpaired) electrons. The number of sulfonamides is 1. The van der Waals surface area contributed by atoms with E-state index in [1.165, 1.54) is 34.5 Å². The monoisotopic (exact) mass is 728 g/mol. The first-order valence-corrected chi connectivity index (χ1v) is 18.3. The number of halogens is 1. The lowest BCUT2D eigenvalue weighted by molar-refractivity contribution is -0.00834. The standard InChI is InChI=1S/C36H45FN4O9S/c1-23-19-41(24(2)21-42)35(43)30-17-27(38-36(44)39-28-11-15-32-33(18-28)49-22-48-32)10-14-31(30)50-25(3)7-5-6-16-47-34(23)20-40(4)51(45,46)29-12-8-26(37)9-13-29/h8-15,17-18,23-25,34,42H,5-7,16,19-22H2,1-4H3,(H2,38,39,44)/t23-,24-,25+,34+/m0/s1. The summed E-state index contributed by atoms with van der Waals surface area (Å²) in [5.74, 6) is 0.0262. The second-order valence-electron chi connectivity index (χ2n) is 12.9. The van der Waals surface area contributed by atoms with Crippen molar-refractivity contribution >= 4 is 33.3 Å². The van der Waals surface area contributed by atoms with Crippen molar-refractivity contribution < 1.29 is 46.5 Å². The van der Waals surface area contributed by atoms with Gasteiger partial charge in [-0.2, -0.15) is 4.31 Å². The third-order valence-corrected chi connectivity index (χ3v) is 10.7. The summed E-state index contributed by atoms with van der Waals surface area (Å²) in [5, 5.41) is 15.8. The van der Waals surface area contributed by atoms with Gasteiger partial charge in [0.05, 0.1) is 35.3 Å². The largest absolute Gasteiger partial charge is 0.490 e. The van der Waals surface area contributed by atoms with E-state index in [0.717, 1.165) is 18.6 Å². The maximum atomic E-state index is 14.4. The van der Waals surface area contributed by atoms with Crippen LogP contribution in [0.1, 0.15) is 50.4 Å². The van der Waals surface area contributed by atoms with Gasteiger partial charge in [0.2, 0.25) is 16.8 Å². The molecule has 4 atom stereocenters. The van der Waals surface area contributed by atoms with E-state index in [0.29, 0.717) is 48.1 Å². The van der Waals surface area contributed by atoms with Gasteiger partial charge in [0.1, 0.15) is 11.6 Å². The van der Waals surface area contributed by atoms with Gasteiger partial charge in [0.25, 0.3) is 5.91 Å². The molecule has 276 valence electrons. The summed E-state index contributed by atoms with van der Waals surface area (Å²) in [6.45, 7) is 5.66. The number of nitrogens with zero attached hydrogens (tertiary/aromatic N) is 2. The fourth-order valence-corrected chi connectivity index (χ4v) is 7.05. The molecule has 0 fully saturated rings. The van der Waals surface area contributed by atoms with Crippen LogP contribution in [-0.2, 0) is 14.8 Å². The fraction of sp³-hybridized carbons (Fsp3) is 0.444. The van der Waals surface area contributed by atoms with Crippen LogP contribution in [0.3, 0.4) is 0 Å². The van der Waals surface area contributed by atoms with Crippen LogP contribution in [0.5, 0.6) is 17.2 Å². The van der Waals surface area contributed by atoms with Crippen molar-refractivity contribution in [1.82, 2.24) is 9.21 Å². The normalized spacial score (nSPS) is 20.6. The summed E-state index contributed by atoms with van der Waals surface area (Å²) >= 11 is 0. The minimum atomic E-state index is -3.97. The number of rotatable bonds is 8. The minimum absolute atomic E-state index is 0.0287. The number of aliphatic hydroxyl groups excluding tert-OH is 1. The molecule has 2 heterocycles. The molecule has 0 spiro atoms. The summed E-state index contributed by atoms with van der Waals surface area (Å²) < 4.78 is 64.7. The van der Waals surface area contributed by atoms with Crippen LogP contribution in [0.25, 0.3) is 0 Å². The predicted molar refractivity (Wildman–Crippen MR) is 188 cm³/mol. The van der Waals surface area contributed by atoms with Crippen molar-refractivity contribution in [3.8, 4) is 17.2 Å². The van der Waals surface area contributed by atoms with Gasteiger partial charge in [-0.1, -0.05) is 6.92 Å². The number of anilines is 2. The number of hydrogen-bond acceptors (Lipinski definition) is 9. The van der Waals surface area contributed by atoms with Gasteiger partial charge >= 0.3 is 6.03 Å². The van der Waals surface area contributed by atoms with Crippen LogP contribution < -0.4 is 24.8 Å². The zero-order valence-corrected chi connectivity index (χ0v) is 30.0. The molecule has 0 aliphatic carbocycles. The molecule has 2 aliphatic heterocycles. The molecule has 3 N–H and O–H groups in total. The van der Waals surface area contributed by atoms with E-state index in [9.17, 15) is 27.5 Å². The smallest absolute Gasteiger partial charge is 0.323 e. The summed E-state index contributed by atoms with van der Waals surface area (Å²) in [7, 11) is -2.54. The maximum absolute atomic E-state index is 14.4. The molecule has 0 saturated heterocycles. The number of ether oxygens (including phenoxy) is 4. The number of amides is 3. The molecule has 3 amide bonds. The van der Waals surface area contributed by atoms with Crippen LogP contribution in [0, 0.1) is 11.7 Å². The summed E-state index contributed by atoms with van der Waals surface area (Å²) in [6, 6.07) is 13.3. The second kappa shape index (κ2) is 16.7. The first-order chi connectivity index (χ1) is 24.3. The lowest BCUT2D eigenvalue weighted by Gasteiger charge is -2.35. The zero-order chi connectivity index (χ0) is 36.7. The Morgan fingerprint density at radius 1 is 1.00 bits per heavy atom. The van der Waals surface area contributed by atoms with E-state index in [1.807, 2.05) is 13.8 Å². The highest BCUT2D eigenvalue weighted by Gasteiger charge is 2.32. The van der Waals surface area contributed by atoms with Gasteiger partial charge in [0, 0.05) is 50.1 Å². The number of likely N-dealkylation sites (N-methyl/N-ethyl adjacent to an activating group) is 1. The average Bonchev–Trinajstić information content (AvgIpc) is 3.57. The SMILES string of the molecule is C[C@@H]1CCCCO[C@H](CN(C)S(=O)(=O)c2ccc(F)cc2)[C@@H](C)CN([C@@H](C)CO)C(=O)c2cc(NC(=O)Nc3ccc4c(c3)OCO4)ccc2O1. The number of carbonyl (C=O) groups excluding carboxylic acids is 2. The highest BCUT2D eigenvalue weighted by Crippen LogP contribution is 2.34. The Morgan fingerprint density at radius 2 is 1.67 bits per heavy atom. The van der Waals surface area contributed by atoms with E-state index in [2.05, 4.69) is 10.6 Å². The zero-order valence-electron chi connectivity index (χ0n) is 29.1. The number of carbonyl (C=O) groups is 2. The molecule has 2 aliphatic rings. The van der Waals surface area contributed by atoms with Crippen molar-refractivity contribution in [2.24, 2.45) is 5.92 Å². The minimum Gasteiger partial charge on any atom is -0.490 e. The topological polar surface area (TPSA) is 156 Å². The van der Waals surface area contributed by atoms with Crippen molar-refractivity contribution in [2.75, 3.05) is 50.8 Å². The Labute approximate surface area is 297 Å². The van der Waals surface area contributed by atoms with Gasteiger partial charge in [-0.25, -0.2) is 17.6 Å². The summed E-state index contributed by atoms with van der Waals surface area (Å²) in [4.78, 5) is 28.8. The summed E-state index contributed by atoms with van der Waals surface area (Å²) in [6.07, 6.45) is 1.20. The van der Waals surface area contributed by atoms with Gasteiger partial charge in [0.15, 0.2) is 11.5 Å². The van der Waals surface area contributed by atoms with Gasteiger partial charge in [-0.3, -0.25) is 4.79 Å². The Morgan fingerprint density at radius 3 is 2.37 bits per heavy atom. The Bertz CT molecular complexity index is 1790. The molecular weight excluding hydrogens is 683 g/mol. The molecule has 0 saturated carbocycles. The van der Waals surface area contributed by atoms with E-state index < -0.39 is 45.8 Å². The van der Waals surface area contributed by atoms with Crippen molar-refractivity contribution in [3.05, 3.63) is 72.0 Å². The third kappa shape index (κ3) is 9.47. The lowest BCUT2D eigenvalue weighted by atomic mass is 10.0. The molecule has 3 aromatic carbocycles. The quantitative estimate of drug-likeness (QED) is 0.280. The van der Waals surface area contributed by atoms with E-state index in [1.54, 1.807) is 37.3 Å². The average molecular weight is 729 g/mol. The molecule has 0 aromatic heterocycles. The van der Waals surface area contributed by atoms with E-state index in [4.69, 9.17) is 18.9 Å². The van der Waals surface area contributed by atoms with Crippen LogP contribution in [0.15, 0.2) is 65.6 Å². The second-order valence-corrected chi connectivity index (χ2v) is 14.9. The number of aliphatic hydroxyl groups is 1. The first-order valence-electron chi connectivity index (χ1n) is 16.9. The van der Waals surface area contributed by atoms with Crippen molar-refractivity contribution in [1.29, 1.82) is 0 Å². The molecule has 15 heteroatoms. The Balaban J connectivity index is 1.39. The fourth-order valence-electron chi connectivity index (χ4n) is 5.87.